The van der Waals surface area contributed by atoms with Crippen molar-refractivity contribution in [3.05, 3.63) is 36.5 Å². The minimum Gasteiger partial charge on any atom is -0.417 e. The third kappa shape index (κ3) is 2.54. The predicted molar refractivity (Wildman–Crippen MR) is 53.6 cm³/mol. The molecule has 0 bridgehead atoms. The Kier molecular flexibility index (Phi) is 2.94. The van der Waals surface area contributed by atoms with Gasteiger partial charge in [0.1, 0.15) is 6.26 Å². The van der Waals surface area contributed by atoms with E-state index in [9.17, 15) is 0 Å². The number of hydrogen-bond acceptors (Lipinski definition) is 5. The van der Waals surface area contributed by atoms with Crippen LogP contribution in [0.3, 0.4) is 0 Å². The molecule has 0 aliphatic carbocycles. The highest BCUT2D eigenvalue weighted by molar-refractivity contribution is 5.19. The Morgan fingerprint density at radius 3 is 3.20 bits per heavy atom. The van der Waals surface area contributed by atoms with Crippen molar-refractivity contribution in [1.29, 1.82) is 0 Å². The minimum atomic E-state index is 0.230. The number of pyridine rings is 1. The molecule has 5 heteroatoms. The zero-order valence-electron chi connectivity index (χ0n) is 8.30. The van der Waals surface area contributed by atoms with Gasteiger partial charge in [0.05, 0.1) is 11.9 Å². The van der Waals surface area contributed by atoms with Crippen LogP contribution >= 0.6 is 0 Å². The summed E-state index contributed by atoms with van der Waals surface area (Å²) in [5.74, 6) is 0.607. The summed E-state index contributed by atoms with van der Waals surface area (Å²) in [7, 11) is 1.84. The van der Waals surface area contributed by atoms with Crippen molar-refractivity contribution in [2.45, 2.75) is 6.54 Å². The summed E-state index contributed by atoms with van der Waals surface area (Å²) in [6, 6.07) is 3.57. The minimum absolute atomic E-state index is 0.230. The lowest BCUT2D eigenvalue weighted by Crippen LogP contribution is -2.04. The van der Waals surface area contributed by atoms with Crippen LogP contribution in [-0.4, -0.2) is 17.0 Å². The summed E-state index contributed by atoms with van der Waals surface area (Å²) in [4.78, 5) is 8.03. The summed E-state index contributed by atoms with van der Waals surface area (Å²) in [6.07, 6.45) is 5.06. The van der Waals surface area contributed by atoms with Crippen LogP contribution in [0.5, 0.6) is 11.8 Å². The maximum atomic E-state index is 5.34. The standard InChI is InChI=1S/C10H11N3O2/c1-11-5-8-7-14-10(13-8)15-9-3-2-4-12-6-9/h2-4,6-7,11H,5H2,1H3. The van der Waals surface area contributed by atoms with Crippen molar-refractivity contribution in [2.24, 2.45) is 0 Å². The highest BCUT2D eigenvalue weighted by atomic mass is 16.6. The van der Waals surface area contributed by atoms with Gasteiger partial charge in [-0.1, -0.05) is 0 Å². The zero-order chi connectivity index (χ0) is 10.5. The monoisotopic (exact) mass is 205 g/mol. The third-order valence-corrected chi connectivity index (χ3v) is 1.73. The molecule has 2 heterocycles. The van der Waals surface area contributed by atoms with Crippen LogP contribution in [0.4, 0.5) is 0 Å². The van der Waals surface area contributed by atoms with E-state index in [-0.39, 0.29) is 6.08 Å². The second kappa shape index (κ2) is 4.56. The first-order valence-electron chi connectivity index (χ1n) is 4.55. The fourth-order valence-electron chi connectivity index (χ4n) is 1.11. The molecule has 0 unspecified atom stereocenters. The van der Waals surface area contributed by atoms with E-state index in [0.29, 0.717) is 12.3 Å². The van der Waals surface area contributed by atoms with E-state index in [4.69, 9.17) is 9.15 Å². The molecule has 78 valence electrons. The third-order valence-electron chi connectivity index (χ3n) is 1.73. The normalized spacial score (nSPS) is 10.2. The molecular formula is C10H11N3O2. The predicted octanol–water partition coefficient (Wildman–Crippen LogP) is 1.58. The fraction of sp³-hybridized carbons (Fsp3) is 0.200. The van der Waals surface area contributed by atoms with Crippen LogP contribution in [0.1, 0.15) is 5.69 Å². The number of rotatable bonds is 4. The summed E-state index contributed by atoms with van der Waals surface area (Å²) >= 11 is 0. The molecule has 0 saturated heterocycles. The second-order valence-corrected chi connectivity index (χ2v) is 2.93. The Hall–Kier alpha value is -1.88. The van der Waals surface area contributed by atoms with Crippen molar-refractivity contribution in [3.63, 3.8) is 0 Å². The molecule has 0 aliphatic rings. The Morgan fingerprint density at radius 2 is 2.47 bits per heavy atom. The van der Waals surface area contributed by atoms with Gasteiger partial charge < -0.3 is 14.5 Å². The molecule has 2 rings (SSSR count). The van der Waals surface area contributed by atoms with Crippen molar-refractivity contribution in [3.8, 4) is 11.8 Å². The number of ether oxygens (including phenoxy) is 1. The van der Waals surface area contributed by atoms with Crippen molar-refractivity contribution >= 4 is 0 Å². The quantitative estimate of drug-likeness (QED) is 0.821. The summed E-state index contributed by atoms with van der Waals surface area (Å²) in [5, 5.41) is 2.97. The summed E-state index contributed by atoms with van der Waals surface area (Å²) in [6.45, 7) is 0.653. The van der Waals surface area contributed by atoms with Crippen LogP contribution in [0.2, 0.25) is 0 Å². The topological polar surface area (TPSA) is 60.2 Å². The molecule has 0 spiro atoms. The maximum Gasteiger partial charge on any atom is 0.399 e. The lowest BCUT2D eigenvalue weighted by molar-refractivity contribution is 0.330. The van der Waals surface area contributed by atoms with E-state index in [1.165, 1.54) is 0 Å². The number of nitrogens with zero attached hydrogens (tertiary/aromatic N) is 2. The SMILES string of the molecule is CNCc1coc(Oc2cccnc2)n1. The largest absolute Gasteiger partial charge is 0.417 e. The van der Waals surface area contributed by atoms with Gasteiger partial charge in [0.2, 0.25) is 0 Å². The van der Waals surface area contributed by atoms with E-state index in [1.54, 1.807) is 30.8 Å². The van der Waals surface area contributed by atoms with E-state index in [0.717, 1.165) is 5.69 Å². The molecule has 0 aliphatic heterocycles. The molecule has 15 heavy (non-hydrogen) atoms. The van der Waals surface area contributed by atoms with Crippen LogP contribution in [-0.2, 0) is 6.54 Å². The molecule has 2 aromatic heterocycles. The van der Waals surface area contributed by atoms with Gasteiger partial charge in [0.15, 0.2) is 5.75 Å². The lowest BCUT2D eigenvalue weighted by atomic mass is 10.5. The molecule has 0 radical (unpaired) electrons. The number of hydrogen-bond donors (Lipinski definition) is 1. The first-order valence-corrected chi connectivity index (χ1v) is 4.55. The molecule has 0 saturated carbocycles. The van der Waals surface area contributed by atoms with E-state index in [2.05, 4.69) is 15.3 Å². The average Bonchev–Trinajstić information content (AvgIpc) is 2.68. The number of aromatic nitrogens is 2. The fourth-order valence-corrected chi connectivity index (χ4v) is 1.11. The molecule has 1 N–H and O–H groups in total. The maximum absolute atomic E-state index is 5.34. The van der Waals surface area contributed by atoms with Gasteiger partial charge in [-0.3, -0.25) is 4.98 Å². The zero-order valence-corrected chi connectivity index (χ0v) is 8.30. The van der Waals surface area contributed by atoms with Gasteiger partial charge in [-0.15, -0.1) is 0 Å². The summed E-state index contributed by atoms with van der Waals surface area (Å²) < 4.78 is 10.5. The van der Waals surface area contributed by atoms with E-state index < -0.39 is 0 Å². The molecule has 0 aromatic carbocycles. The highest BCUT2D eigenvalue weighted by Crippen LogP contribution is 2.18. The van der Waals surface area contributed by atoms with Crippen molar-refractivity contribution in [1.82, 2.24) is 15.3 Å². The Labute approximate surface area is 87.1 Å². The number of oxazole rings is 1. The smallest absolute Gasteiger partial charge is 0.399 e. The lowest BCUT2D eigenvalue weighted by Gasteiger charge is -1.97. The Morgan fingerprint density at radius 1 is 1.53 bits per heavy atom. The van der Waals surface area contributed by atoms with E-state index >= 15 is 0 Å². The van der Waals surface area contributed by atoms with Crippen LogP contribution in [0, 0.1) is 0 Å². The van der Waals surface area contributed by atoms with Gasteiger partial charge in [0, 0.05) is 12.7 Å². The van der Waals surface area contributed by atoms with E-state index in [1.807, 2.05) is 7.05 Å². The van der Waals surface area contributed by atoms with Gasteiger partial charge in [-0.05, 0) is 19.2 Å². The Balaban J connectivity index is 2.05. The van der Waals surface area contributed by atoms with Crippen molar-refractivity contribution in [2.75, 3.05) is 7.05 Å². The molecule has 5 nitrogen and oxygen atoms in total. The van der Waals surface area contributed by atoms with Gasteiger partial charge in [-0.25, -0.2) is 0 Å². The molecule has 0 fully saturated rings. The second-order valence-electron chi connectivity index (χ2n) is 2.93. The molecule has 0 amide bonds. The van der Waals surface area contributed by atoms with Crippen LogP contribution < -0.4 is 10.1 Å². The van der Waals surface area contributed by atoms with Crippen molar-refractivity contribution < 1.29 is 9.15 Å². The first kappa shape index (κ1) is 9.67. The molecule has 2 aromatic rings. The Bertz CT molecular complexity index is 414. The first-order chi connectivity index (χ1) is 7.38. The molecular weight excluding hydrogens is 194 g/mol. The average molecular weight is 205 g/mol. The number of nitrogens with one attached hydrogen (secondary N) is 1. The van der Waals surface area contributed by atoms with Gasteiger partial charge >= 0.3 is 6.08 Å². The molecule has 0 atom stereocenters. The highest BCUT2D eigenvalue weighted by Gasteiger charge is 2.05. The van der Waals surface area contributed by atoms with Gasteiger partial charge in [-0.2, -0.15) is 4.98 Å². The van der Waals surface area contributed by atoms with Crippen LogP contribution in [0.25, 0.3) is 0 Å². The van der Waals surface area contributed by atoms with Gasteiger partial charge in [0.25, 0.3) is 0 Å². The summed E-state index contributed by atoms with van der Waals surface area (Å²) in [5.41, 5.74) is 0.802. The van der Waals surface area contributed by atoms with Crippen LogP contribution in [0.15, 0.2) is 35.2 Å².